The standard InChI is InChI=1S/C13H9F7O2/c1-7-2-4-8(5-3-7)9(21)6-10(22)11(14,15)12(16,17)13(18,19)20/h2-6,21H,1H3/b9-6-. The minimum absolute atomic E-state index is 0.190. The number of allylic oxidation sites excluding steroid dienone is 1. The zero-order chi connectivity index (χ0) is 17.3. The molecule has 1 rings (SSSR count). The SMILES string of the molecule is Cc1ccc(/C(O)=C/C(=O)C(F)(F)C(F)(F)C(F)(F)F)cc1. The van der Waals surface area contributed by atoms with Gasteiger partial charge < -0.3 is 5.11 Å². The summed E-state index contributed by atoms with van der Waals surface area (Å²) in [5.41, 5.74) is 0.516. The summed E-state index contributed by atoms with van der Waals surface area (Å²) < 4.78 is 87.2. The maximum absolute atomic E-state index is 13.1. The number of benzene rings is 1. The number of aryl methyl sites for hydroxylation is 1. The minimum Gasteiger partial charge on any atom is -0.507 e. The van der Waals surface area contributed by atoms with E-state index in [0.717, 1.165) is 0 Å². The van der Waals surface area contributed by atoms with Gasteiger partial charge in [0.05, 0.1) is 0 Å². The molecule has 0 aliphatic heterocycles. The molecule has 0 heterocycles. The van der Waals surface area contributed by atoms with Gasteiger partial charge in [0.2, 0.25) is 5.78 Å². The number of hydrogen-bond acceptors (Lipinski definition) is 2. The molecule has 22 heavy (non-hydrogen) atoms. The van der Waals surface area contributed by atoms with Crippen LogP contribution in [0, 0.1) is 6.92 Å². The number of halogens is 7. The number of carbonyl (C=O) groups excluding carboxylic acids is 1. The van der Waals surface area contributed by atoms with E-state index in [1.54, 1.807) is 6.92 Å². The number of alkyl halides is 7. The van der Waals surface area contributed by atoms with Crippen molar-refractivity contribution in [3.8, 4) is 0 Å². The van der Waals surface area contributed by atoms with E-state index < -0.39 is 29.6 Å². The summed E-state index contributed by atoms with van der Waals surface area (Å²) in [6.07, 6.45) is -6.97. The second-order valence-electron chi connectivity index (χ2n) is 4.41. The fraction of sp³-hybridized carbons (Fsp3) is 0.308. The van der Waals surface area contributed by atoms with E-state index in [0.29, 0.717) is 5.56 Å². The van der Waals surface area contributed by atoms with Crippen molar-refractivity contribution in [2.24, 2.45) is 0 Å². The molecule has 0 saturated heterocycles. The smallest absolute Gasteiger partial charge is 0.460 e. The first-order valence-corrected chi connectivity index (χ1v) is 5.65. The van der Waals surface area contributed by atoms with E-state index in [-0.39, 0.29) is 11.6 Å². The number of carbonyl (C=O) groups is 1. The molecule has 0 radical (unpaired) electrons. The molecule has 0 saturated carbocycles. The summed E-state index contributed by atoms with van der Waals surface area (Å²) in [5.74, 6) is -16.6. The second kappa shape index (κ2) is 5.62. The van der Waals surface area contributed by atoms with E-state index in [9.17, 15) is 40.6 Å². The van der Waals surface area contributed by atoms with Crippen LogP contribution in [0.1, 0.15) is 11.1 Å². The van der Waals surface area contributed by atoms with Crippen LogP contribution in [0.15, 0.2) is 30.3 Å². The van der Waals surface area contributed by atoms with Crippen LogP contribution in [0.5, 0.6) is 0 Å². The Hall–Kier alpha value is -2.06. The Morgan fingerprint density at radius 1 is 1.00 bits per heavy atom. The van der Waals surface area contributed by atoms with E-state index in [1.807, 2.05) is 0 Å². The molecule has 0 spiro atoms. The first kappa shape index (κ1) is 18.0. The van der Waals surface area contributed by atoms with Gasteiger partial charge in [0.15, 0.2) is 0 Å². The number of aliphatic hydroxyl groups excluding tert-OH is 1. The molecule has 0 aliphatic rings. The van der Waals surface area contributed by atoms with Gasteiger partial charge in [-0.25, -0.2) is 0 Å². The molecule has 0 unspecified atom stereocenters. The van der Waals surface area contributed by atoms with Crippen LogP contribution in [-0.4, -0.2) is 28.9 Å². The number of ketones is 1. The van der Waals surface area contributed by atoms with Crippen LogP contribution in [-0.2, 0) is 4.79 Å². The van der Waals surface area contributed by atoms with Crippen molar-refractivity contribution in [1.29, 1.82) is 0 Å². The van der Waals surface area contributed by atoms with E-state index in [2.05, 4.69) is 0 Å². The first-order valence-electron chi connectivity index (χ1n) is 5.65. The van der Waals surface area contributed by atoms with Gasteiger partial charge in [0.25, 0.3) is 0 Å². The minimum atomic E-state index is -6.61. The second-order valence-corrected chi connectivity index (χ2v) is 4.41. The van der Waals surface area contributed by atoms with Crippen LogP contribution >= 0.6 is 0 Å². The highest BCUT2D eigenvalue weighted by Gasteiger charge is 2.75. The molecule has 1 aromatic carbocycles. The van der Waals surface area contributed by atoms with E-state index >= 15 is 0 Å². The Kier molecular flexibility index (Phi) is 4.59. The Morgan fingerprint density at radius 2 is 1.45 bits per heavy atom. The highest BCUT2D eigenvalue weighted by molar-refractivity contribution is 6.01. The van der Waals surface area contributed by atoms with Gasteiger partial charge in [-0.15, -0.1) is 0 Å². The van der Waals surface area contributed by atoms with E-state index in [1.165, 1.54) is 24.3 Å². The average Bonchev–Trinajstić information content (AvgIpc) is 2.37. The van der Waals surface area contributed by atoms with Gasteiger partial charge in [0.1, 0.15) is 5.76 Å². The Bertz CT molecular complexity index is 585. The summed E-state index contributed by atoms with van der Waals surface area (Å²) in [5, 5.41) is 9.39. The van der Waals surface area contributed by atoms with Gasteiger partial charge in [-0.2, -0.15) is 30.7 Å². The lowest BCUT2D eigenvalue weighted by Gasteiger charge is -2.26. The van der Waals surface area contributed by atoms with Gasteiger partial charge >= 0.3 is 18.0 Å². The van der Waals surface area contributed by atoms with Crippen molar-refractivity contribution in [2.75, 3.05) is 0 Å². The lowest BCUT2D eigenvalue weighted by atomic mass is 10.0. The summed E-state index contributed by atoms with van der Waals surface area (Å²) >= 11 is 0. The number of rotatable bonds is 4. The van der Waals surface area contributed by atoms with Gasteiger partial charge in [-0.1, -0.05) is 29.8 Å². The molecule has 122 valence electrons. The van der Waals surface area contributed by atoms with Crippen LogP contribution in [0.3, 0.4) is 0 Å². The highest BCUT2D eigenvalue weighted by Crippen LogP contribution is 2.47. The predicted molar refractivity (Wildman–Crippen MR) is 62.7 cm³/mol. The van der Waals surface area contributed by atoms with Crippen LogP contribution < -0.4 is 0 Å². The average molecular weight is 330 g/mol. The lowest BCUT2D eigenvalue weighted by Crippen LogP contribution is -2.55. The van der Waals surface area contributed by atoms with Crippen LogP contribution in [0.25, 0.3) is 5.76 Å². The molecule has 0 atom stereocenters. The molecule has 2 nitrogen and oxygen atoms in total. The summed E-state index contributed by atoms with van der Waals surface area (Å²) in [4.78, 5) is 11.0. The number of aliphatic hydroxyl groups is 1. The maximum Gasteiger partial charge on any atom is 0.460 e. The van der Waals surface area contributed by atoms with Crippen molar-refractivity contribution in [1.82, 2.24) is 0 Å². The quantitative estimate of drug-likeness (QED) is 0.508. The molecular weight excluding hydrogens is 321 g/mol. The van der Waals surface area contributed by atoms with Crippen molar-refractivity contribution in [3.05, 3.63) is 41.5 Å². The fourth-order valence-corrected chi connectivity index (χ4v) is 1.36. The maximum atomic E-state index is 13.1. The zero-order valence-electron chi connectivity index (χ0n) is 10.9. The van der Waals surface area contributed by atoms with Crippen LogP contribution in [0.4, 0.5) is 30.7 Å². The molecule has 1 aromatic rings. The molecule has 0 fully saturated rings. The third-order valence-corrected chi connectivity index (χ3v) is 2.67. The Labute approximate surface area is 119 Å². The van der Waals surface area contributed by atoms with Crippen molar-refractivity contribution < 1.29 is 40.6 Å². The molecule has 0 aliphatic carbocycles. The number of hydrogen-bond donors (Lipinski definition) is 1. The van der Waals surface area contributed by atoms with Gasteiger partial charge in [0, 0.05) is 11.6 Å². The Balaban J connectivity index is 3.14. The summed E-state index contributed by atoms with van der Waals surface area (Å²) in [6.45, 7) is 1.65. The first-order chi connectivity index (χ1) is 9.80. The molecule has 0 bridgehead atoms. The zero-order valence-corrected chi connectivity index (χ0v) is 10.9. The van der Waals surface area contributed by atoms with Gasteiger partial charge in [-0.05, 0) is 6.92 Å². The highest BCUT2D eigenvalue weighted by atomic mass is 19.4. The van der Waals surface area contributed by atoms with Crippen LogP contribution in [0.2, 0.25) is 0 Å². The molecular formula is C13H9F7O2. The van der Waals surface area contributed by atoms with Gasteiger partial charge in [-0.3, -0.25) is 4.79 Å². The third kappa shape index (κ3) is 3.23. The predicted octanol–water partition coefficient (Wildman–Crippen LogP) is 4.30. The van der Waals surface area contributed by atoms with Crippen molar-refractivity contribution in [2.45, 2.75) is 24.9 Å². The fourth-order valence-electron chi connectivity index (χ4n) is 1.36. The van der Waals surface area contributed by atoms with Crippen molar-refractivity contribution in [3.63, 3.8) is 0 Å². The third-order valence-electron chi connectivity index (χ3n) is 2.67. The largest absolute Gasteiger partial charge is 0.507 e. The summed E-state index contributed by atoms with van der Waals surface area (Å²) in [6, 6.07) is 5.17. The monoisotopic (exact) mass is 330 g/mol. The van der Waals surface area contributed by atoms with E-state index in [4.69, 9.17) is 0 Å². The normalized spacial score (nSPS) is 14.1. The topological polar surface area (TPSA) is 37.3 Å². The molecule has 0 amide bonds. The lowest BCUT2D eigenvalue weighted by molar-refractivity contribution is -0.342. The molecule has 0 aromatic heterocycles. The molecule has 1 N–H and O–H groups in total. The molecule has 9 heteroatoms. The van der Waals surface area contributed by atoms with Crippen molar-refractivity contribution >= 4 is 11.5 Å². The Morgan fingerprint density at radius 3 is 1.86 bits per heavy atom. The summed E-state index contributed by atoms with van der Waals surface area (Å²) in [7, 11) is 0.